The molecule has 0 radical (unpaired) electrons. The average Bonchev–Trinajstić information content (AvgIpc) is 3.15. The molecule has 2 amide bonds. The van der Waals surface area contributed by atoms with E-state index in [0.29, 0.717) is 23.6 Å². The standard InChI is InChI=1S/C19H21N7O2/c1-13(27)21-15-5-2-6-16(10-15)22-19(28)14-4-3-9-25(11-14)18-8-7-17-23-20-12-26(17)24-18/h2,5-8,10,12,14H,3-4,9,11H2,1H3,(H,21,27)(H,22,28)/t14-/m1/s1. The molecule has 2 N–H and O–H groups in total. The van der Waals surface area contributed by atoms with Crippen LogP contribution < -0.4 is 15.5 Å². The summed E-state index contributed by atoms with van der Waals surface area (Å²) >= 11 is 0. The van der Waals surface area contributed by atoms with Crippen molar-refractivity contribution in [2.75, 3.05) is 28.6 Å². The Kier molecular flexibility index (Phi) is 4.88. The molecule has 1 atom stereocenters. The Labute approximate surface area is 161 Å². The van der Waals surface area contributed by atoms with Crippen LogP contribution in [0.4, 0.5) is 17.2 Å². The van der Waals surface area contributed by atoms with Crippen LogP contribution in [0.5, 0.6) is 0 Å². The number of nitrogens with one attached hydrogen (secondary N) is 2. The number of amides is 2. The molecule has 4 rings (SSSR count). The number of hydrogen-bond donors (Lipinski definition) is 2. The van der Waals surface area contributed by atoms with Crippen molar-refractivity contribution < 1.29 is 9.59 Å². The van der Waals surface area contributed by atoms with Gasteiger partial charge in [-0.3, -0.25) is 9.59 Å². The zero-order chi connectivity index (χ0) is 19.5. The maximum atomic E-state index is 12.8. The molecule has 0 aliphatic carbocycles. The highest BCUT2D eigenvalue weighted by Gasteiger charge is 2.27. The van der Waals surface area contributed by atoms with Crippen molar-refractivity contribution in [3.05, 3.63) is 42.7 Å². The summed E-state index contributed by atoms with van der Waals surface area (Å²) in [7, 11) is 0. The number of fused-ring (bicyclic) bond motifs is 1. The summed E-state index contributed by atoms with van der Waals surface area (Å²) < 4.78 is 1.63. The van der Waals surface area contributed by atoms with Gasteiger partial charge in [-0.25, -0.2) is 0 Å². The fourth-order valence-corrected chi connectivity index (χ4v) is 3.41. The third kappa shape index (κ3) is 3.93. The number of benzene rings is 1. The highest BCUT2D eigenvalue weighted by molar-refractivity contribution is 5.94. The first-order chi connectivity index (χ1) is 13.6. The van der Waals surface area contributed by atoms with Crippen molar-refractivity contribution in [2.45, 2.75) is 19.8 Å². The van der Waals surface area contributed by atoms with Gasteiger partial charge < -0.3 is 15.5 Å². The number of carbonyl (C=O) groups is 2. The van der Waals surface area contributed by atoms with Crippen molar-refractivity contribution in [1.82, 2.24) is 19.8 Å². The molecule has 28 heavy (non-hydrogen) atoms. The van der Waals surface area contributed by atoms with Crippen LogP contribution >= 0.6 is 0 Å². The number of carbonyl (C=O) groups excluding carboxylic acids is 2. The van der Waals surface area contributed by atoms with Gasteiger partial charge in [0.1, 0.15) is 12.1 Å². The smallest absolute Gasteiger partial charge is 0.229 e. The lowest BCUT2D eigenvalue weighted by Crippen LogP contribution is -2.41. The van der Waals surface area contributed by atoms with E-state index in [4.69, 9.17) is 0 Å². The molecule has 0 unspecified atom stereocenters. The number of piperidine rings is 1. The number of rotatable bonds is 4. The molecule has 1 aliphatic rings. The summed E-state index contributed by atoms with van der Waals surface area (Å²) in [6, 6.07) is 10.9. The van der Waals surface area contributed by atoms with E-state index < -0.39 is 0 Å². The van der Waals surface area contributed by atoms with E-state index in [1.165, 1.54) is 6.92 Å². The van der Waals surface area contributed by atoms with Gasteiger partial charge in [-0.2, -0.15) is 4.52 Å². The fourth-order valence-electron chi connectivity index (χ4n) is 3.41. The maximum Gasteiger partial charge on any atom is 0.229 e. The summed E-state index contributed by atoms with van der Waals surface area (Å²) in [5.41, 5.74) is 2.01. The molecule has 1 saturated heterocycles. The second kappa shape index (κ2) is 7.63. The van der Waals surface area contributed by atoms with Crippen LogP contribution in [0.1, 0.15) is 19.8 Å². The Balaban J connectivity index is 1.44. The lowest BCUT2D eigenvalue weighted by molar-refractivity contribution is -0.120. The highest BCUT2D eigenvalue weighted by Crippen LogP contribution is 2.23. The van der Waals surface area contributed by atoms with Gasteiger partial charge in [0.05, 0.1) is 5.92 Å². The molecule has 1 aliphatic heterocycles. The molecular formula is C19H21N7O2. The van der Waals surface area contributed by atoms with Gasteiger partial charge in [0.15, 0.2) is 5.65 Å². The Morgan fingerprint density at radius 2 is 1.96 bits per heavy atom. The topological polar surface area (TPSA) is 105 Å². The van der Waals surface area contributed by atoms with E-state index in [-0.39, 0.29) is 17.7 Å². The summed E-state index contributed by atoms with van der Waals surface area (Å²) in [6.45, 7) is 2.90. The predicted molar refractivity (Wildman–Crippen MR) is 105 cm³/mol. The minimum absolute atomic E-state index is 0.0324. The second-order valence-electron chi connectivity index (χ2n) is 6.86. The molecule has 9 nitrogen and oxygen atoms in total. The number of aromatic nitrogens is 4. The summed E-state index contributed by atoms with van der Waals surface area (Å²) in [5, 5.41) is 18.0. The van der Waals surface area contributed by atoms with Crippen LogP contribution in [0.2, 0.25) is 0 Å². The Bertz CT molecular complexity index is 1020. The lowest BCUT2D eigenvalue weighted by atomic mass is 9.97. The molecule has 0 spiro atoms. The Morgan fingerprint density at radius 1 is 1.14 bits per heavy atom. The van der Waals surface area contributed by atoms with E-state index in [0.717, 1.165) is 25.2 Å². The van der Waals surface area contributed by atoms with Crippen LogP contribution in [0.25, 0.3) is 5.65 Å². The molecule has 0 bridgehead atoms. The van der Waals surface area contributed by atoms with E-state index in [1.807, 2.05) is 18.2 Å². The van der Waals surface area contributed by atoms with E-state index in [2.05, 4.69) is 30.8 Å². The predicted octanol–water partition coefficient (Wildman–Crippen LogP) is 1.94. The first-order valence-electron chi connectivity index (χ1n) is 9.19. The molecule has 2 aromatic heterocycles. The largest absolute Gasteiger partial charge is 0.354 e. The van der Waals surface area contributed by atoms with Crippen LogP contribution in [-0.4, -0.2) is 44.7 Å². The quantitative estimate of drug-likeness (QED) is 0.718. The van der Waals surface area contributed by atoms with Crippen LogP contribution in [0, 0.1) is 5.92 Å². The van der Waals surface area contributed by atoms with Gasteiger partial charge in [-0.05, 0) is 43.2 Å². The molecule has 3 heterocycles. The van der Waals surface area contributed by atoms with Gasteiger partial charge in [0.25, 0.3) is 0 Å². The molecular weight excluding hydrogens is 358 g/mol. The fraction of sp³-hybridized carbons (Fsp3) is 0.316. The number of hydrogen-bond acceptors (Lipinski definition) is 6. The zero-order valence-corrected chi connectivity index (χ0v) is 15.5. The molecule has 1 fully saturated rings. The summed E-state index contributed by atoms with van der Waals surface area (Å²) in [5.74, 6) is 0.480. The molecule has 3 aromatic rings. The van der Waals surface area contributed by atoms with Crippen molar-refractivity contribution in [3.63, 3.8) is 0 Å². The van der Waals surface area contributed by atoms with Crippen molar-refractivity contribution in [1.29, 1.82) is 0 Å². The summed E-state index contributed by atoms with van der Waals surface area (Å²) in [4.78, 5) is 26.1. The normalized spacial score (nSPS) is 16.8. The monoisotopic (exact) mass is 379 g/mol. The Hall–Kier alpha value is -3.49. The van der Waals surface area contributed by atoms with Gasteiger partial charge in [-0.1, -0.05) is 6.07 Å². The summed E-state index contributed by atoms with van der Waals surface area (Å²) in [6.07, 6.45) is 3.30. The molecule has 9 heteroatoms. The van der Waals surface area contributed by atoms with Gasteiger partial charge in [0.2, 0.25) is 11.8 Å². The molecule has 144 valence electrons. The van der Waals surface area contributed by atoms with Gasteiger partial charge in [0, 0.05) is 31.4 Å². The average molecular weight is 379 g/mol. The number of anilines is 3. The van der Waals surface area contributed by atoms with Crippen LogP contribution in [-0.2, 0) is 9.59 Å². The highest BCUT2D eigenvalue weighted by atomic mass is 16.2. The third-order valence-corrected chi connectivity index (χ3v) is 4.71. The van der Waals surface area contributed by atoms with Crippen molar-refractivity contribution in [3.8, 4) is 0 Å². The SMILES string of the molecule is CC(=O)Nc1cccc(NC(=O)[C@@H]2CCCN(c3ccc4nncn4n3)C2)c1. The maximum absolute atomic E-state index is 12.8. The minimum Gasteiger partial charge on any atom is -0.354 e. The number of nitrogens with zero attached hydrogens (tertiary/aromatic N) is 5. The van der Waals surface area contributed by atoms with E-state index in [1.54, 1.807) is 29.0 Å². The van der Waals surface area contributed by atoms with Crippen LogP contribution in [0.15, 0.2) is 42.7 Å². The van der Waals surface area contributed by atoms with Crippen molar-refractivity contribution >= 4 is 34.7 Å². The second-order valence-corrected chi connectivity index (χ2v) is 6.86. The lowest BCUT2D eigenvalue weighted by Gasteiger charge is -2.32. The van der Waals surface area contributed by atoms with Crippen LogP contribution in [0.3, 0.4) is 0 Å². The minimum atomic E-state index is -0.149. The first kappa shape index (κ1) is 17.9. The van der Waals surface area contributed by atoms with E-state index >= 15 is 0 Å². The first-order valence-corrected chi connectivity index (χ1v) is 9.19. The molecule has 0 saturated carbocycles. The van der Waals surface area contributed by atoms with E-state index in [9.17, 15) is 9.59 Å². The Morgan fingerprint density at radius 3 is 2.79 bits per heavy atom. The van der Waals surface area contributed by atoms with Crippen molar-refractivity contribution in [2.24, 2.45) is 5.92 Å². The zero-order valence-electron chi connectivity index (χ0n) is 15.5. The molecule has 1 aromatic carbocycles. The van der Waals surface area contributed by atoms with Gasteiger partial charge >= 0.3 is 0 Å². The third-order valence-electron chi connectivity index (χ3n) is 4.71. The van der Waals surface area contributed by atoms with Gasteiger partial charge in [-0.15, -0.1) is 15.3 Å².